The van der Waals surface area contributed by atoms with Crippen LogP contribution in [0.15, 0.2) is 0 Å². The van der Waals surface area contributed by atoms with Gasteiger partial charge < -0.3 is 0 Å². The monoisotopic (exact) mass is 310 g/mol. The van der Waals surface area contributed by atoms with E-state index in [0.717, 1.165) is 29.6 Å². The highest BCUT2D eigenvalue weighted by Gasteiger charge is 2.33. The summed E-state index contributed by atoms with van der Waals surface area (Å²) in [5, 5.41) is 0. The zero-order chi connectivity index (χ0) is 17.0. The van der Waals surface area contributed by atoms with Gasteiger partial charge in [0.05, 0.1) is 0 Å². The van der Waals surface area contributed by atoms with Crippen LogP contribution >= 0.6 is 0 Å². The lowest BCUT2D eigenvalue weighted by molar-refractivity contribution is 0.0948. The Bertz CT molecular complexity index is 210. The summed E-state index contributed by atoms with van der Waals surface area (Å²) in [6, 6.07) is 0. The van der Waals surface area contributed by atoms with E-state index in [0.29, 0.717) is 0 Å². The molecule has 0 amide bonds. The van der Waals surface area contributed by atoms with Crippen molar-refractivity contribution in [2.45, 2.75) is 113 Å². The van der Waals surface area contributed by atoms with Crippen LogP contribution in [0.4, 0.5) is 0 Å². The van der Waals surface area contributed by atoms with Gasteiger partial charge in [-0.25, -0.2) is 0 Å². The molecule has 0 nitrogen and oxygen atoms in total. The smallest absolute Gasteiger partial charge is 0.0352 e. The summed E-state index contributed by atoms with van der Waals surface area (Å²) in [5.41, 5.74) is 0. The second-order valence-corrected chi connectivity index (χ2v) is 7.89. The second-order valence-electron chi connectivity index (χ2n) is 7.89. The van der Waals surface area contributed by atoms with Gasteiger partial charge in [0, 0.05) is 0 Å². The molecule has 0 aliphatic rings. The van der Waals surface area contributed by atoms with E-state index in [4.69, 9.17) is 0 Å². The van der Waals surface area contributed by atoms with Gasteiger partial charge >= 0.3 is 0 Å². The van der Waals surface area contributed by atoms with Gasteiger partial charge in [-0.3, -0.25) is 0 Å². The van der Waals surface area contributed by atoms with E-state index in [-0.39, 0.29) is 0 Å². The van der Waals surface area contributed by atoms with Gasteiger partial charge in [0.1, 0.15) is 0 Å². The van der Waals surface area contributed by atoms with Crippen molar-refractivity contribution in [1.82, 2.24) is 0 Å². The molecule has 22 heavy (non-hydrogen) atoms. The Labute approximate surface area is 142 Å². The predicted molar refractivity (Wildman–Crippen MR) is 103 cm³/mol. The summed E-state index contributed by atoms with van der Waals surface area (Å²) in [6.07, 6.45) is 14.0. The van der Waals surface area contributed by atoms with E-state index in [2.05, 4.69) is 48.5 Å². The second kappa shape index (κ2) is 13.4. The van der Waals surface area contributed by atoms with Crippen molar-refractivity contribution in [2.75, 3.05) is 0 Å². The fourth-order valence-electron chi connectivity index (χ4n) is 4.93. The van der Waals surface area contributed by atoms with Crippen LogP contribution in [-0.4, -0.2) is 0 Å². The third kappa shape index (κ3) is 7.51. The van der Waals surface area contributed by atoms with Crippen LogP contribution in [-0.2, 0) is 0 Å². The third-order valence-electron chi connectivity index (χ3n) is 5.92. The summed E-state index contributed by atoms with van der Waals surface area (Å²) >= 11 is 0. The Hall–Kier alpha value is 0. The first-order valence-electron chi connectivity index (χ1n) is 10.6. The van der Waals surface area contributed by atoms with Gasteiger partial charge in [-0.15, -0.1) is 0 Å². The van der Waals surface area contributed by atoms with E-state index < -0.39 is 0 Å². The van der Waals surface area contributed by atoms with Crippen LogP contribution in [0.5, 0.6) is 0 Å². The zero-order valence-electron chi connectivity index (χ0n) is 17.0. The topological polar surface area (TPSA) is 0 Å². The van der Waals surface area contributed by atoms with Gasteiger partial charge in [-0.1, -0.05) is 113 Å². The van der Waals surface area contributed by atoms with E-state index in [9.17, 15) is 0 Å². The van der Waals surface area contributed by atoms with Gasteiger partial charge in [-0.2, -0.15) is 0 Å². The van der Waals surface area contributed by atoms with Crippen molar-refractivity contribution in [3.63, 3.8) is 0 Å². The Morgan fingerprint density at radius 2 is 0.682 bits per heavy atom. The molecule has 0 aromatic heterocycles. The minimum Gasteiger partial charge on any atom is -0.0654 e. The predicted octanol–water partition coefficient (Wildman–Crippen LogP) is 8.11. The fraction of sp³-hybridized carbons (Fsp3) is 1.00. The van der Waals surface area contributed by atoms with Crippen molar-refractivity contribution < 1.29 is 0 Å². The van der Waals surface area contributed by atoms with Crippen LogP contribution in [0.25, 0.3) is 0 Å². The maximum absolute atomic E-state index is 2.54. The van der Waals surface area contributed by atoms with Crippen LogP contribution in [0.1, 0.15) is 113 Å². The lowest BCUT2D eigenvalue weighted by Gasteiger charge is -2.40. The Morgan fingerprint density at radius 1 is 0.409 bits per heavy atom. The van der Waals surface area contributed by atoms with Crippen molar-refractivity contribution in [2.24, 2.45) is 29.6 Å². The summed E-state index contributed by atoms with van der Waals surface area (Å²) in [7, 11) is 0. The van der Waals surface area contributed by atoms with Gasteiger partial charge in [0.25, 0.3) is 0 Å². The highest BCUT2D eigenvalue weighted by molar-refractivity contribution is 4.83. The highest BCUT2D eigenvalue weighted by Crippen LogP contribution is 2.42. The van der Waals surface area contributed by atoms with E-state index in [1.165, 1.54) is 64.2 Å². The maximum atomic E-state index is 2.54. The molecule has 0 bridgehead atoms. The first kappa shape index (κ1) is 22.0. The number of hydrogen-bond donors (Lipinski definition) is 0. The minimum atomic E-state index is 0.912. The van der Waals surface area contributed by atoms with Gasteiger partial charge in [0.2, 0.25) is 0 Å². The summed E-state index contributed by atoms with van der Waals surface area (Å²) in [4.78, 5) is 0. The van der Waals surface area contributed by atoms with Crippen molar-refractivity contribution >= 4 is 0 Å². The third-order valence-corrected chi connectivity index (χ3v) is 5.92. The molecule has 0 saturated heterocycles. The first-order valence-corrected chi connectivity index (χ1v) is 10.6. The number of rotatable bonds is 14. The van der Waals surface area contributed by atoms with E-state index >= 15 is 0 Å². The summed E-state index contributed by atoms with van der Waals surface area (Å²) in [6.45, 7) is 17.0. The SMILES string of the molecule is CCCC(C)C(CCC)C(CCC)C(CCC)C(C)CCC. The molecule has 134 valence electrons. The molecule has 0 saturated carbocycles. The van der Waals surface area contributed by atoms with Gasteiger partial charge in [0.15, 0.2) is 0 Å². The van der Waals surface area contributed by atoms with Crippen LogP contribution in [0.2, 0.25) is 0 Å². The quantitative estimate of drug-likeness (QED) is 0.304. The molecule has 0 spiro atoms. The molecule has 0 aromatic carbocycles. The largest absolute Gasteiger partial charge is 0.0654 e. The Kier molecular flexibility index (Phi) is 13.4. The molecular weight excluding hydrogens is 264 g/mol. The molecule has 0 N–H and O–H groups in total. The van der Waals surface area contributed by atoms with Gasteiger partial charge in [-0.05, 0) is 29.6 Å². The average molecular weight is 311 g/mol. The molecule has 4 atom stereocenters. The fourth-order valence-corrected chi connectivity index (χ4v) is 4.93. The van der Waals surface area contributed by atoms with Crippen molar-refractivity contribution in [3.8, 4) is 0 Å². The van der Waals surface area contributed by atoms with E-state index in [1.807, 2.05) is 0 Å². The molecule has 4 unspecified atom stereocenters. The molecule has 0 aliphatic carbocycles. The normalized spacial score (nSPS) is 18.7. The molecule has 0 heterocycles. The standard InChI is InChI=1S/C22H46/c1-8-13-18(6)20(15-10-3)22(17-12-5)21(16-11-4)19(7)14-9-2/h18-22H,8-17H2,1-7H3. The molecule has 0 heteroatoms. The average Bonchev–Trinajstić information content (AvgIpc) is 2.49. The summed E-state index contributed by atoms with van der Waals surface area (Å²) < 4.78 is 0. The zero-order valence-corrected chi connectivity index (χ0v) is 17.0. The lowest BCUT2D eigenvalue weighted by Crippen LogP contribution is -2.32. The minimum absolute atomic E-state index is 0.912. The Balaban J connectivity index is 5.26. The van der Waals surface area contributed by atoms with Crippen LogP contribution < -0.4 is 0 Å². The molecular formula is C22H46. The summed E-state index contributed by atoms with van der Waals surface area (Å²) in [5.74, 6) is 4.71. The first-order chi connectivity index (χ1) is 10.6. The maximum Gasteiger partial charge on any atom is -0.0352 e. The number of hydrogen-bond acceptors (Lipinski definition) is 0. The molecule has 0 aromatic rings. The highest BCUT2D eigenvalue weighted by atomic mass is 14.4. The molecule has 0 radical (unpaired) electrons. The van der Waals surface area contributed by atoms with Crippen LogP contribution in [0, 0.1) is 29.6 Å². The Morgan fingerprint density at radius 3 is 0.955 bits per heavy atom. The molecule has 0 aliphatic heterocycles. The lowest BCUT2D eigenvalue weighted by atomic mass is 9.65. The van der Waals surface area contributed by atoms with Crippen LogP contribution in [0.3, 0.4) is 0 Å². The van der Waals surface area contributed by atoms with E-state index in [1.54, 1.807) is 0 Å². The van der Waals surface area contributed by atoms with Crippen molar-refractivity contribution in [3.05, 3.63) is 0 Å². The molecule has 0 rings (SSSR count). The van der Waals surface area contributed by atoms with Crippen molar-refractivity contribution in [1.29, 1.82) is 0 Å². The molecule has 0 fully saturated rings.